The lowest BCUT2D eigenvalue weighted by Crippen LogP contribution is -2.63. The molecule has 14 rings (SSSR count). The van der Waals surface area contributed by atoms with E-state index in [0.717, 1.165) is 33.4 Å². The van der Waals surface area contributed by atoms with Crippen LogP contribution in [0.4, 0.5) is 9.18 Å². The Morgan fingerprint density at radius 3 is 2.18 bits per heavy atom. The number of fused-ring (bicyclic) bond motifs is 23. The SMILES string of the molecule is COC(=O)CCC(=O)N1CCC/C=C/Cn2cc(c3cc(F)ccc32)C[C@@H]2NC(=O)[C@@H](NC(=O)OCC3c4ccccc4-c4ccccc43)Cc3cccc(c3)CNC(=O)CO[C@@H]3[C@@H]4N(CCC34C(=O)N[C@@H]([C@@H](C)OC(C)(C)C)C(=O)N[C@@H](Cc3ccc(OC)cc3)C(=O)N3CCC[C@@]3(C)C(=O)NCCc3ccc(cc3)C1)C2=O. The summed E-state index contributed by atoms with van der Waals surface area (Å²) in [6.45, 7) is 9.20. The minimum atomic E-state index is -1.65. The number of nitrogens with zero attached hydrogens (tertiary/aromatic N) is 4. The van der Waals surface area contributed by atoms with Gasteiger partial charge in [0, 0.05) is 94.5 Å². The second kappa shape index (κ2) is 35.0. The highest BCUT2D eigenvalue weighted by Crippen LogP contribution is 2.59. The summed E-state index contributed by atoms with van der Waals surface area (Å²) in [7, 11) is 2.80. The normalized spacial score (nSPS) is 24.1. The summed E-state index contributed by atoms with van der Waals surface area (Å²) in [6.07, 6.45) is 4.12. The minimum absolute atomic E-state index is 0.00870. The van der Waals surface area contributed by atoms with Crippen molar-refractivity contribution in [2.75, 3.05) is 53.6 Å². The summed E-state index contributed by atoms with van der Waals surface area (Å²) in [5.41, 5.74) is 4.68. The second-order valence-electron chi connectivity index (χ2n) is 31.7. The predicted octanol–water partition coefficient (Wildman–Crippen LogP) is 8.37. The molecule has 25 nitrogen and oxygen atoms in total. The summed E-state index contributed by atoms with van der Waals surface area (Å²) in [4.78, 5) is 153. The van der Waals surface area contributed by atoms with Gasteiger partial charge in [0.05, 0.1) is 44.5 Å². The number of halogens is 1. The number of allylic oxidation sites excluding steroid dienone is 2. The van der Waals surface area contributed by atoms with E-state index in [9.17, 15) is 24.0 Å². The van der Waals surface area contributed by atoms with Gasteiger partial charge in [-0.3, -0.25) is 43.2 Å². The van der Waals surface area contributed by atoms with Gasteiger partial charge in [-0.25, -0.2) is 9.18 Å². The molecule has 26 heteroatoms. The van der Waals surface area contributed by atoms with E-state index in [1.54, 1.807) is 100 Å². The van der Waals surface area contributed by atoms with Crippen LogP contribution in [-0.4, -0.2) is 186 Å². The Balaban J connectivity index is 0.867. The lowest BCUT2D eigenvalue weighted by atomic mass is 9.95. The van der Waals surface area contributed by atoms with E-state index >= 15 is 28.4 Å². The highest BCUT2D eigenvalue weighted by Gasteiger charge is 2.77. The Morgan fingerprint density at radius 2 is 1.45 bits per heavy atom. The number of hydrogen-bond donors (Lipinski definition) is 6. The first-order valence-electron chi connectivity index (χ1n) is 39.4. The van der Waals surface area contributed by atoms with E-state index < -0.39 is 125 Å². The number of nitrogens with one attached hydrogen (secondary N) is 6. The molecule has 10 bridgehead atoms. The molecule has 9 atom stereocenters. The molecule has 1 saturated carbocycles. The van der Waals surface area contributed by atoms with E-state index in [2.05, 4.69) is 31.9 Å². The number of aromatic nitrogens is 1. The van der Waals surface area contributed by atoms with E-state index in [-0.39, 0.29) is 96.2 Å². The van der Waals surface area contributed by atoms with Crippen molar-refractivity contribution in [1.29, 1.82) is 0 Å². The fraction of sp³-hybridized carbons (Fsp3) is 0.432. The number of methoxy groups -OCH3 is 2. The molecule has 0 spiro atoms. The Bertz CT molecular complexity index is 4760. The molecule has 1 unspecified atom stereocenters. The molecular weight excluding hydrogens is 1460 g/mol. The number of esters is 1. The van der Waals surface area contributed by atoms with Gasteiger partial charge < -0.3 is 74.9 Å². The average molecular weight is 1560 g/mol. The van der Waals surface area contributed by atoms with Crippen LogP contribution in [0, 0.1) is 11.2 Å². The molecule has 114 heavy (non-hydrogen) atoms. The summed E-state index contributed by atoms with van der Waals surface area (Å²) >= 11 is 0. The van der Waals surface area contributed by atoms with Crippen molar-refractivity contribution < 1.29 is 76.0 Å². The molecule has 6 N–H and O–H groups in total. The quantitative estimate of drug-likeness (QED) is 0.0523. The Morgan fingerprint density at radius 1 is 0.719 bits per heavy atom. The number of carbonyl (C=O) groups is 10. The Hall–Kier alpha value is -11.3. The summed E-state index contributed by atoms with van der Waals surface area (Å²) < 4.78 is 47.2. The predicted molar refractivity (Wildman–Crippen MR) is 422 cm³/mol. The van der Waals surface area contributed by atoms with Crippen molar-refractivity contribution >= 4 is 70.2 Å². The molecule has 0 radical (unpaired) electrons. The first kappa shape index (κ1) is 80.8. The van der Waals surface area contributed by atoms with Crippen LogP contribution in [0.3, 0.4) is 0 Å². The third-order valence-electron chi connectivity index (χ3n) is 22.9. The Kier molecular flexibility index (Phi) is 24.8. The molecule has 5 aliphatic heterocycles. The van der Waals surface area contributed by atoms with E-state index in [1.165, 1.54) is 36.2 Å². The summed E-state index contributed by atoms with van der Waals surface area (Å²) in [5, 5.41) is 18.3. The highest BCUT2D eigenvalue weighted by molar-refractivity contribution is 6.00. The van der Waals surface area contributed by atoms with Crippen LogP contribution in [-0.2, 0) is 107 Å². The van der Waals surface area contributed by atoms with Gasteiger partial charge in [0.15, 0.2) is 0 Å². The van der Waals surface area contributed by atoms with Gasteiger partial charge in [-0.2, -0.15) is 0 Å². The minimum Gasteiger partial charge on any atom is -0.497 e. The van der Waals surface area contributed by atoms with Crippen molar-refractivity contribution in [1.82, 2.24) is 51.2 Å². The maximum absolute atomic E-state index is 16.3. The smallest absolute Gasteiger partial charge is 0.407 e. The van der Waals surface area contributed by atoms with Gasteiger partial charge in [0.2, 0.25) is 47.3 Å². The molecule has 2 aliphatic carbocycles. The monoisotopic (exact) mass is 1560 g/mol. The highest BCUT2D eigenvalue weighted by atomic mass is 19.1. The molecule has 9 amide bonds. The molecule has 600 valence electrons. The third kappa shape index (κ3) is 18.2. The zero-order valence-electron chi connectivity index (χ0n) is 65.6. The van der Waals surface area contributed by atoms with Gasteiger partial charge in [-0.1, -0.05) is 121 Å². The standard InChI is InChI=1S/C88H101FN10O15/c1-54(114-86(2,3)4)76-80(104)93-70(45-56-28-31-62(110-6)32-29-56)82(106)99-42-17-37-87(99,5)83(107)90-39-36-55-24-26-57(27-25-55)50-97(74(101)34-35-75(102)111-7)41-15-9-8-14-40-96-51-60(67-48-61(89)30-33-72(67)96)47-71-81(105)98-43-38-88(84(108)95-76)77(98)78(88)112-53-73(100)91-49-59-19-16-18-58(44-59)46-69(79(103)92-71)94-85(109)113-52-68-65-22-12-10-20-63(65)64-21-11-13-23-66(64)68/h8,10-14,16,18-33,44,48,51,54,68-71,76-78H,9,15,17,34-43,45-47,49-50,52-53H2,1-7H3,(H,90,107)(H,91,100)(H,92,103)(H,93,104)(H,94,109)(H,95,108)/b14-8+/t54-,69+,70+,71+,76+,77+,78-,87+,88?/m1/s1. The molecule has 7 aromatic rings. The number of ether oxygens (including phenoxy) is 5. The van der Waals surface area contributed by atoms with Crippen molar-refractivity contribution in [2.45, 2.75) is 184 Å². The van der Waals surface area contributed by atoms with E-state index in [4.69, 9.17) is 23.7 Å². The van der Waals surface area contributed by atoms with Crippen molar-refractivity contribution in [2.24, 2.45) is 5.41 Å². The van der Waals surface area contributed by atoms with Crippen LogP contribution in [0.15, 0.2) is 158 Å². The zero-order valence-corrected chi connectivity index (χ0v) is 65.6. The molecule has 6 aromatic carbocycles. The second-order valence-corrected chi connectivity index (χ2v) is 31.7. The van der Waals surface area contributed by atoms with Crippen LogP contribution in [0.5, 0.6) is 5.75 Å². The zero-order chi connectivity index (χ0) is 80.6. The molecular formula is C88H101FN10O15. The third-order valence-corrected chi connectivity index (χ3v) is 22.9. The molecule has 6 heterocycles. The largest absolute Gasteiger partial charge is 0.497 e. The molecule has 7 aliphatic rings. The van der Waals surface area contributed by atoms with E-state index in [0.29, 0.717) is 77.6 Å². The number of alkyl carbamates (subject to hydrolysis) is 1. The number of benzene rings is 6. The van der Waals surface area contributed by atoms with Crippen molar-refractivity contribution in [3.8, 4) is 16.9 Å². The number of carbonyl (C=O) groups excluding carboxylic acids is 10. The van der Waals surface area contributed by atoms with Gasteiger partial charge in [0.25, 0.3) is 0 Å². The van der Waals surface area contributed by atoms with Crippen LogP contribution in [0.1, 0.15) is 130 Å². The number of hydrogen-bond acceptors (Lipinski definition) is 15. The number of piperidine rings is 1. The molecule has 3 fully saturated rings. The summed E-state index contributed by atoms with van der Waals surface area (Å²) in [5.74, 6) is -5.63. The topological polar surface area (TPSA) is 304 Å². The lowest BCUT2D eigenvalue weighted by Gasteiger charge is -2.37. The van der Waals surface area contributed by atoms with E-state index in [1.807, 2.05) is 89.5 Å². The maximum Gasteiger partial charge on any atom is 0.407 e. The number of rotatable bonds is 11. The lowest BCUT2D eigenvalue weighted by molar-refractivity contribution is -0.148. The molecule has 1 aromatic heterocycles. The fourth-order valence-corrected chi connectivity index (χ4v) is 17.0. The first-order chi connectivity index (χ1) is 54.8. The van der Waals surface area contributed by atoms with Crippen molar-refractivity contribution in [3.05, 3.63) is 208 Å². The average Bonchev–Trinajstić information content (AvgIpc) is 1.51. The van der Waals surface area contributed by atoms with Crippen molar-refractivity contribution in [3.63, 3.8) is 0 Å². The number of amides is 9. The van der Waals surface area contributed by atoms with Gasteiger partial charge in [0.1, 0.15) is 59.9 Å². The van der Waals surface area contributed by atoms with Crippen LogP contribution in [0.25, 0.3) is 22.0 Å². The van der Waals surface area contributed by atoms with Gasteiger partial charge in [-0.15, -0.1) is 0 Å². The molecule has 2 saturated heterocycles. The maximum atomic E-state index is 16.3. The van der Waals surface area contributed by atoms with Crippen LogP contribution in [0.2, 0.25) is 0 Å². The first-order valence-corrected chi connectivity index (χ1v) is 39.4. The van der Waals surface area contributed by atoms with Crippen LogP contribution >= 0.6 is 0 Å². The fourth-order valence-electron chi connectivity index (χ4n) is 17.0. The Labute approximate surface area is 662 Å². The van der Waals surface area contributed by atoms with Crippen LogP contribution < -0.4 is 36.6 Å². The van der Waals surface area contributed by atoms with Gasteiger partial charge >= 0.3 is 12.1 Å². The van der Waals surface area contributed by atoms with Gasteiger partial charge in [-0.05, 0) is 159 Å². The summed E-state index contributed by atoms with van der Waals surface area (Å²) in [6, 6.07) is 34.9.